The topological polar surface area (TPSA) is 237 Å². The number of ether oxygens (including phenoxy) is 4. The molecule has 5 atom stereocenters. The van der Waals surface area contributed by atoms with E-state index in [2.05, 4.69) is 48.5 Å². The number of aliphatic hydroxyl groups excluding tert-OH is 1. The number of aliphatic hydroxyl groups is 1. The van der Waals surface area contributed by atoms with E-state index in [-0.39, 0.29) is 25.7 Å². The first-order valence-electron chi connectivity index (χ1n) is 40.3. The molecule has 3 N–H and O–H groups in total. The third-order valence-electron chi connectivity index (χ3n) is 18.1. The van der Waals surface area contributed by atoms with Gasteiger partial charge >= 0.3 is 39.5 Å². The molecular formula is C78H152O17P2. The summed E-state index contributed by atoms with van der Waals surface area (Å²) in [7, 11) is -9.91. The van der Waals surface area contributed by atoms with Crippen LogP contribution in [0.2, 0.25) is 0 Å². The summed E-state index contributed by atoms with van der Waals surface area (Å²) < 4.78 is 68.6. The van der Waals surface area contributed by atoms with Gasteiger partial charge in [-0.05, 0) is 43.4 Å². The van der Waals surface area contributed by atoms with Gasteiger partial charge in [-0.25, -0.2) is 9.13 Å². The summed E-state index contributed by atoms with van der Waals surface area (Å²) in [4.78, 5) is 72.9. The lowest BCUT2D eigenvalue weighted by molar-refractivity contribution is -0.161. The molecule has 0 fully saturated rings. The Hall–Kier alpha value is -1.94. The molecule has 0 saturated heterocycles. The highest BCUT2D eigenvalue weighted by Gasteiger charge is 2.30. The lowest BCUT2D eigenvalue weighted by Crippen LogP contribution is -2.30. The molecule has 97 heavy (non-hydrogen) atoms. The molecule has 19 heteroatoms. The van der Waals surface area contributed by atoms with Gasteiger partial charge in [-0.2, -0.15) is 0 Å². The summed E-state index contributed by atoms with van der Waals surface area (Å²) in [6, 6.07) is 0. The van der Waals surface area contributed by atoms with E-state index in [9.17, 15) is 43.2 Å². The van der Waals surface area contributed by atoms with E-state index in [1.54, 1.807) is 0 Å². The van der Waals surface area contributed by atoms with Crippen LogP contribution >= 0.6 is 15.6 Å². The molecule has 576 valence electrons. The van der Waals surface area contributed by atoms with Crippen LogP contribution in [0.25, 0.3) is 0 Å². The monoisotopic (exact) mass is 1420 g/mol. The second kappa shape index (κ2) is 68.5. The maximum absolute atomic E-state index is 13.1. The maximum Gasteiger partial charge on any atom is 0.472 e. The van der Waals surface area contributed by atoms with E-state index >= 15 is 0 Å². The first-order chi connectivity index (χ1) is 46.7. The van der Waals surface area contributed by atoms with E-state index < -0.39 is 97.5 Å². The first kappa shape index (κ1) is 95.1. The van der Waals surface area contributed by atoms with Gasteiger partial charge < -0.3 is 33.8 Å². The van der Waals surface area contributed by atoms with Crippen LogP contribution in [0, 0.1) is 17.8 Å². The van der Waals surface area contributed by atoms with Crippen LogP contribution in [0.4, 0.5) is 0 Å². The van der Waals surface area contributed by atoms with Gasteiger partial charge in [0.1, 0.15) is 19.3 Å². The van der Waals surface area contributed by atoms with Crippen molar-refractivity contribution in [2.45, 2.75) is 420 Å². The number of phosphoric ester groups is 2. The van der Waals surface area contributed by atoms with Crippen molar-refractivity contribution in [3.63, 3.8) is 0 Å². The Balaban J connectivity index is 5.24. The zero-order valence-electron chi connectivity index (χ0n) is 63.5. The van der Waals surface area contributed by atoms with Crippen LogP contribution in [-0.2, 0) is 65.4 Å². The molecule has 0 bridgehead atoms. The molecule has 0 heterocycles. The van der Waals surface area contributed by atoms with Crippen LogP contribution in [-0.4, -0.2) is 96.7 Å². The lowest BCUT2D eigenvalue weighted by atomic mass is 10.0. The normalized spacial score (nSPS) is 14.0. The van der Waals surface area contributed by atoms with Crippen molar-refractivity contribution in [3.05, 3.63) is 0 Å². The molecule has 0 rings (SSSR count). The van der Waals surface area contributed by atoms with Crippen molar-refractivity contribution in [2.24, 2.45) is 17.8 Å². The Labute approximate surface area is 594 Å². The summed E-state index contributed by atoms with van der Waals surface area (Å²) in [5.41, 5.74) is 0. The van der Waals surface area contributed by atoms with Crippen LogP contribution in [0.1, 0.15) is 402 Å². The molecule has 0 spiro atoms. The maximum atomic E-state index is 13.1. The highest BCUT2D eigenvalue weighted by Crippen LogP contribution is 2.45. The fourth-order valence-corrected chi connectivity index (χ4v) is 13.5. The Bertz CT molecular complexity index is 1890. The SMILES string of the molecule is CCCCCCCCCCCCC(=O)OC[C@H](COP(=O)(O)OC[C@H](O)COP(=O)(O)OC[C@@H](COC(=O)CCCCCCCCCCCCCCCCC(C)C)OC(=O)CCCCCCCCCCCCCCCCCC(C)C)OC(=O)CCCCCCCCCCCC(C)C. The van der Waals surface area contributed by atoms with Gasteiger partial charge in [0.2, 0.25) is 0 Å². The largest absolute Gasteiger partial charge is 0.472 e. The van der Waals surface area contributed by atoms with Crippen molar-refractivity contribution in [1.82, 2.24) is 0 Å². The molecule has 0 aliphatic rings. The van der Waals surface area contributed by atoms with Crippen LogP contribution in [0.5, 0.6) is 0 Å². The van der Waals surface area contributed by atoms with Gasteiger partial charge in [-0.3, -0.25) is 37.3 Å². The lowest BCUT2D eigenvalue weighted by Gasteiger charge is -2.21. The third-order valence-corrected chi connectivity index (χ3v) is 20.0. The summed E-state index contributed by atoms with van der Waals surface area (Å²) in [6.07, 6.45) is 55.5. The van der Waals surface area contributed by atoms with Gasteiger partial charge in [0.15, 0.2) is 12.2 Å². The summed E-state index contributed by atoms with van der Waals surface area (Å²) in [5.74, 6) is 0.223. The molecule has 0 radical (unpaired) electrons. The molecule has 0 aromatic rings. The fraction of sp³-hybridized carbons (Fsp3) is 0.949. The molecule has 0 amide bonds. The Morgan fingerprint density at radius 2 is 0.474 bits per heavy atom. The number of hydrogen-bond donors (Lipinski definition) is 3. The molecule has 0 aliphatic heterocycles. The minimum Gasteiger partial charge on any atom is -0.462 e. The molecule has 0 saturated carbocycles. The smallest absolute Gasteiger partial charge is 0.462 e. The number of unbranched alkanes of at least 4 members (excludes halogenated alkanes) is 44. The van der Waals surface area contributed by atoms with Crippen molar-refractivity contribution >= 4 is 39.5 Å². The molecule has 0 aromatic carbocycles. The number of rotatable bonds is 76. The predicted molar refractivity (Wildman–Crippen MR) is 395 cm³/mol. The second-order valence-corrected chi connectivity index (χ2v) is 32.4. The number of carbonyl (C=O) groups is 4. The standard InChI is InChI=1S/C78H152O17P2/c1-8-9-10-11-12-13-31-38-45-52-59-75(80)88-65-74(95-78(83)62-55-48-41-34-27-30-37-44-51-58-71(6)7)68-93-97(86,87)91-64-72(79)63-90-96(84,85)92-67-73(66-89-76(81)60-53-46-39-32-25-21-18-17-20-24-29-36-43-50-57-70(4)5)94-77(82)61-54-47-40-33-26-22-16-14-15-19-23-28-35-42-49-56-69(2)3/h69-74,79H,8-68H2,1-7H3,(H,84,85)(H,86,87)/t72-,73-,74-/m1/s1. The van der Waals surface area contributed by atoms with Gasteiger partial charge in [-0.1, -0.05) is 350 Å². The van der Waals surface area contributed by atoms with Gasteiger partial charge in [0, 0.05) is 25.7 Å². The number of esters is 4. The zero-order valence-corrected chi connectivity index (χ0v) is 65.3. The minimum absolute atomic E-state index is 0.105. The highest BCUT2D eigenvalue weighted by atomic mass is 31.2. The van der Waals surface area contributed by atoms with Crippen LogP contribution in [0.3, 0.4) is 0 Å². The van der Waals surface area contributed by atoms with E-state index in [0.717, 1.165) is 108 Å². The average Bonchev–Trinajstić information content (AvgIpc) is 2.08. The second-order valence-electron chi connectivity index (χ2n) is 29.5. The van der Waals surface area contributed by atoms with Crippen molar-refractivity contribution in [3.8, 4) is 0 Å². The quantitative estimate of drug-likeness (QED) is 0.0222. The summed E-state index contributed by atoms with van der Waals surface area (Å²) in [6.45, 7) is 11.9. The Morgan fingerprint density at radius 1 is 0.278 bits per heavy atom. The van der Waals surface area contributed by atoms with Crippen LogP contribution < -0.4 is 0 Å². The Kier molecular flexibility index (Phi) is 67.1. The number of hydrogen-bond acceptors (Lipinski definition) is 15. The van der Waals surface area contributed by atoms with Crippen molar-refractivity contribution < 1.29 is 80.2 Å². The molecule has 0 aliphatic carbocycles. The van der Waals surface area contributed by atoms with E-state index in [1.165, 1.54) is 212 Å². The molecule has 17 nitrogen and oxygen atoms in total. The molecular weight excluding hydrogens is 1270 g/mol. The fourth-order valence-electron chi connectivity index (χ4n) is 12.0. The predicted octanol–water partition coefficient (Wildman–Crippen LogP) is 23.0. The van der Waals surface area contributed by atoms with Gasteiger partial charge in [0.25, 0.3) is 0 Å². The van der Waals surface area contributed by atoms with E-state index in [4.69, 9.17) is 37.0 Å². The highest BCUT2D eigenvalue weighted by molar-refractivity contribution is 7.47. The average molecular weight is 1420 g/mol. The van der Waals surface area contributed by atoms with Crippen LogP contribution in [0.15, 0.2) is 0 Å². The summed E-state index contributed by atoms with van der Waals surface area (Å²) in [5, 5.41) is 10.6. The van der Waals surface area contributed by atoms with E-state index in [0.29, 0.717) is 25.7 Å². The Morgan fingerprint density at radius 3 is 0.701 bits per heavy atom. The van der Waals surface area contributed by atoms with Crippen molar-refractivity contribution in [1.29, 1.82) is 0 Å². The number of phosphoric acid groups is 2. The minimum atomic E-state index is -4.96. The first-order valence-corrected chi connectivity index (χ1v) is 43.3. The number of carbonyl (C=O) groups excluding carboxylic acids is 4. The third kappa shape index (κ3) is 72.2. The zero-order chi connectivity index (χ0) is 71.6. The van der Waals surface area contributed by atoms with Gasteiger partial charge in [-0.15, -0.1) is 0 Å². The van der Waals surface area contributed by atoms with Gasteiger partial charge in [0.05, 0.1) is 26.4 Å². The summed E-state index contributed by atoms with van der Waals surface area (Å²) >= 11 is 0. The molecule has 2 unspecified atom stereocenters. The van der Waals surface area contributed by atoms with Crippen molar-refractivity contribution in [2.75, 3.05) is 39.6 Å². The van der Waals surface area contributed by atoms with E-state index in [1.807, 2.05) is 0 Å². The molecule has 0 aromatic heterocycles.